The number of halogens is 1. The molecule has 1 aromatic carbocycles. The Hall–Kier alpha value is -0.180. The van der Waals surface area contributed by atoms with E-state index in [9.17, 15) is 0 Å². The van der Waals surface area contributed by atoms with Gasteiger partial charge in [-0.25, -0.2) is 0 Å². The third-order valence-electron chi connectivity index (χ3n) is 3.86. The maximum absolute atomic E-state index is 6.41. The van der Waals surface area contributed by atoms with Crippen LogP contribution in [-0.2, 0) is 6.42 Å². The van der Waals surface area contributed by atoms with Gasteiger partial charge in [-0.1, -0.05) is 43.9 Å². The molecule has 1 atom stereocenters. The van der Waals surface area contributed by atoms with E-state index in [1.54, 1.807) is 0 Å². The van der Waals surface area contributed by atoms with Crippen molar-refractivity contribution in [1.82, 2.24) is 0 Å². The molecule has 0 saturated heterocycles. The molecule has 106 valence electrons. The van der Waals surface area contributed by atoms with Crippen LogP contribution in [0.2, 0.25) is 5.02 Å². The van der Waals surface area contributed by atoms with Crippen molar-refractivity contribution in [2.75, 3.05) is 0 Å². The lowest BCUT2D eigenvalue weighted by Gasteiger charge is -2.21. The fraction of sp³-hybridized carbons (Fsp3) is 0.625. The summed E-state index contributed by atoms with van der Waals surface area (Å²) in [5.41, 5.74) is 7.25. The maximum Gasteiger partial charge on any atom is 0.0544 e. The molecule has 1 nitrogen and oxygen atoms in total. The molecule has 1 fully saturated rings. The molecule has 1 aliphatic rings. The van der Waals surface area contributed by atoms with Crippen LogP contribution in [0.15, 0.2) is 23.1 Å². The Kier molecular flexibility index (Phi) is 6.06. The van der Waals surface area contributed by atoms with E-state index < -0.39 is 0 Å². The van der Waals surface area contributed by atoms with Crippen LogP contribution in [0.1, 0.15) is 51.0 Å². The van der Waals surface area contributed by atoms with Crippen molar-refractivity contribution in [3.05, 3.63) is 28.8 Å². The van der Waals surface area contributed by atoms with E-state index in [0.717, 1.165) is 23.1 Å². The van der Waals surface area contributed by atoms with E-state index in [1.165, 1.54) is 42.6 Å². The van der Waals surface area contributed by atoms with Gasteiger partial charge in [0.2, 0.25) is 0 Å². The van der Waals surface area contributed by atoms with Crippen molar-refractivity contribution in [3.8, 4) is 0 Å². The van der Waals surface area contributed by atoms with Gasteiger partial charge in [0.25, 0.3) is 0 Å². The van der Waals surface area contributed by atoms with Gasteiger partial charge in [-0.05, 0) is 43.4 Å². The first-order valence-corrected chi connectivity index (χ1v) is 8.65. The standard InChI is InChI=1S/C16H24ClNS/c1-2-13(18)10-12-8-9-16(15(17)11-12)19-14-6-4-3-5-7-14/h8-9,11,13-14H,2-7,10,18H2,1H3. The minimum atomic E-state index is 0.243. The first kappa shape index (κ1) is 15.2. The Labute approximate surface area is 126 Å². The molecule has 0 aliphatic heterocycles. The summed E-state index contributed by atoms with van der Waals surface area (Å²) in [6.45, 7) is 2.12. The Morgan fingerprint density at radius 1 is 1.32 bits per heavy atom. The summed E-state index contributed by atoms with van der Waals surface area (Å²) in [4.78, 5) is 1.24. The highest BCUT2D eigenvalue weighted by molar-refractivity contribution is 8.00. The molecule has 19 heavy (non-hydrogen) atoms. The summed E-state index contributed by atoms with van der Waals surface area (Å²) in [6.07, 6.45) is 8.75. The maximum atomic E-state index is 6.41. The lowest BCUT2D eigenvalue weighted by molar-refractivity contribution is 0.516. The van der Waals surface area contributed by atoms with Gasteiger partial charge in [0.1, 0.15) is 0 Å². The molecular weight excluding hydrogens is 274 g/mol. The lowest BCUT2D eigenvalue weighted by Crippen LogP contribution is -2.21. The van der Waals surface area contributed by atoms with Gasteiger partial charge in [-0.15, -0.1) is 11.8 Å². The molecule has 1 saturated carbocycles. The SMILES string of the molecule is CCC(N)Cc1ccc(SC2CCCCC2)c(Cl)c1. The van der Waals surface area contributed by atoms with Crippen molar-refractivity contribution in [3.63, 3.8) is 0 Å². The van der Waals surface area contributed by atoms with E-state index in [2.05, 4.69) is 25.1 Å². The zero-order chi connectivity index (χ0) is 13.7. The number of nitrogens with two attached hydrogens (primary N) is 1. The molecule has 1 aliphatic carbocycles. The summed E-state index contributed by atoms with van der Waals surface area (Å²) in [5.74, 6) is 0. The average Bonchev–Trinajstić information content (AvgIpc) is 2.43. The van der Waals surface area contributed by atoms with E-state index in [1.807, 2.05) is 11.8 Å². The molecule has 0 spiro atoms. The Morgan fingerprint density at radius 3 is 2.68 bits per heavy atom. The predicted molar refractivity (Wildman–Crippen MR) is 86.2 cm³/mol. The van der Waals surface area contributed by atoms with E-state index in [-0.39, 0.29) is 6.04 Å². The number of hydrogen-bond donors (Lipinski definition) is 1. The number of rotatable bonds is 5. The fourth-order valence-corrected chi connectivity index (χ4v) is 4.16. The zero-order valence-electron chi connectivity index (χ0n) is 11.7. The van der Waals surface area contributed by atoms with E-state index in [0.29, 0.717) is 0 Å². The summed E-state index contributed by atoms with van der Waals surface area (Å²) in [6, 6.07) is 6.71. The Bertz CT molecular complexity index is 402. The molecule has 1 unspecified atom stereocenters. The predicted octanol–water partition coefficient (Wildman–Crippen LogP) is 5.04. The first-order valence-electron chi connectivity index (χ1n) is 7.39. The summed E-state index contributed by atoms with van der Waals surface area (Å²) in [5, 5.41) is 1.66. The molecule has 2 N–H and O–H groups in total. The lowest BCUT2D eigenvalue weighted by atomic mass is 10.0. The average molecular weight is 298 g/mol. The van der Waals surface area contributed by atoms with Crippen LogP contribution in [0.4, 0.5) is 0 Å². The van der Waals surface area contributed by atoms with Crippen molar-refractivity contribution in [2.45, 2.75) is 68.1 Å². The normalized spacial score (nSPS) is 18.5. The Morgan fingerprint density at radius 2 is 2.05 bits per heavy atom. The Balaban J connectivity index is 1.98. The smallest absolute Gasteiger partial charge is 0.0544 e. The van der Waals surface area contributed by atoms with Gasteiger partial charge in [0.15, 0.2) is 0 Å². The van der Waals surface area contributed by atoms with E-state index >= 15 is 0 Å². The third kappa shape index (κ3) is 4.70. The summed E-state index contributed by atoms with van der Waals surface area (Å²) >= 11 is 8.37. The highest BCUT2D eigenvalue weighted by atomic mass is 35.5. The molecule has 0 heterocycles. The van der Waals surface area contributed by atoms with Gasteiger partial charge in [0.05, 0.1) is 5.02 Å². The monoisotopic (exact) mass is 297 g/mol. The van der Waals surface area contributed by atoms with Gasteiger partial charge >= 0.3 is 0 Å². The van der Waals surface area contributed by atoms with Crippen LogP contribution in [0.3, 0.4) is 0 Å². The first-order chi connectivity index (χ1) is 9.19. The van der Waals surface area contributed by atoms with Crippen LogP contribution in [-0.4, -0.2) is 11.3 Å². The van der Waals surface area contributed by atoms with Crippen LogP contribution in [0, 0.1) is 0 Å². The van der Waals surface area contributed by atoms with Gasteiger partial charge in [-0.3, -0.25) is 0 Å². The largest absolute Gasteiger partial charge is 0.327 e. The molecule has 2 rings (SSSR count). The van der Waals surface area contributed by atoms with Crippen LogP contribution < -0.4 is 5.73 Å². The van der Waals surface area contributed by atoms with Crippen LogP contribution >= 0.6 is 23.4 Å². The fourth-order valence-electron chi connectivity index (χ4n) is 2.58. The van der Waals surface area contributed by atoms with Crippen LogP contribution in [0.25, 0.3) is 0 Å². The molecule has 0 bridgehead atoms. The number of thioether (sulfide) groups is 1. The summed E-state index contributed by atoms with van der Waals surface area (Å²) in [7, 11) is 0. The highest BCUT2D eigenvalue weighted by Gasteiger charge is 2.16. The molecule has 0 amide bonds. The third-order valence-corrected chi connectivity index (χ3v) is 5.70. The van der Waals surface area contributed by atoms with Gasteiger partial charge in [0, 0.05) is 16.2 Å². The molecule has 0 aromatic heterocycles. The van der Waals surface area contributed by atoms with Crippen molar-refractivity contribution in [1.29, 1.82) is 0 Å². The van der Waals surface area contributed by atoms with Gasteiger partial charge < -0.3 is 5.73 Å². The van der Waals surface area contributed by atoms with Crippen molar-refractivity contribution < 1.29 is 0 Å². The van der Waals surface area contributed by atoms with Crippen LogP contribution in [0.5, 0.6) is 0 Å². The molecule has 1 aromatic rings. The van der Waals surface area contributed by atoms with Crippen molar-refractivity contribution >= 4 is 23.4 Å². The molecular formula is C16H24ClNS. The summed E-state index contributed by atoms with van der Waals surface area (Å²) < 4.78 is 0. The zero-order valence-corrected chi connectivity index (χ0v) is 13.3. The van der Waals surface area contributed by atoms with Crippen molar-refractivity contribution in [2.24, 2.45) is 5.73 Å². The number of benzene rings is 1. The second-order valence-corrected chi connectivity index (χ2v) is 7.26. The minimum Gasteiger partial charge on any atom is -0.327 e. The second-order valence-electron chi connectivity index (χ2n) is 5.52. The topological polar surface area (TPSA) is 26.0 Å². The second kappa shape index (κ2) is 7.56. The molecule has 0 radical (unpaired) electrons. The van der Waals surface area contributed by atoms with E-state index in [4.69, 9.17) is 17.3 Å². The number of hydrogen-bond acceptors (Lipinski definition) is 2. The van der Waals surface area contributed by atoms with Gasteiger partial charge in [-0.2, -0.15) is 0 Å². The highest BCUT2D eigenvalue weighted by Crippen LogP contribution is 2.37. The minimum absolute atomic E-state index is 0.243. The quantitative estimate of drug-likeness (QED) is 0.823. The molecule has 3 heteroatoms.